The van der Waals surface area contributed by atoms with Crippen LogP contribution >= 0.6 is 11.5 Å². The molecule has 2 aromatic rings. The van der Waals surface area contributed by atoms with Crippen molar-refractivity contribution >= 4 is 11.5 Å². The molecule has 0 aromatic carbocycles. The third kappa shape index (κ3) is 2.49. The van der Waals surface area contributed by atoms with E-state index in [1.54, 1.807) is 7.05 Å². The van der Waals surface area contributed by atoms with Crippen molar-refractivity contribution in [3.8, 4) is 0 Å². The first-order chi connectivity index (χ1) is 8.54. The normalized spacial score (nSPS) is 13.6. The smallest absolute Gasteiger partial charge is 0.309 e. The number of pyridine rings is 1. The minimum Gasteiger partial charge on any atom is -0.309 e. The Morgan fingerprint density at radius 2 is 2.11 bits per heavy atom. The van der Waals surface area contributed by atoms with Gasteiger partial charge in [-0.15, -0.1) is 5.10 Å². The monoisotopic (exact) mass is 274 g/mol. The number of aromatic nitrogens is 3. The number of hydrogen-bond acceptors (Lipinski definition) is 5. The van der Waals surface area contributed by atoms with Gasteiger partial charge in [-0.05, 0) is 24.6 Å². The van der Waals surface area contributed by atoms with Crippen molar-refractivity contribution in [2.24, 2.45) is 0 Å². The summed E-state index contributed by atoms with van der Waals surface area (Å²) in [5.74, 6) is 0. The maximum Gasteiger partial charge on any atom is 0.416 e. The van der Waals surface area contributed by atoms with Gasteiger partial charge >= 0.3 is 6.18 Å². The molecule has 0 aliphatic heterocycles. The first-order valence-electron chi connectivity index (χ1n) is 4.99. The van der Waals surface area contributed by atoms with Gasteiger partial charge in [0.05, 0.1) is 22.7 Å². The second-order valence-electron chi connectivity index (χ2n) is 3.50. The number of halogens is 3. The highest BCUT2D eigenvalue weighted by Gasteiger charge is 2.35. The van der Waals surface area contributed by atoms with Crippen molar-refractivity contribution < 1.29 is 13.2 Å². The van der Waals surface area contributed by atoms with Gasteiger partial charge in [0.1, 0.15) is 0 Å². The van der Waals surface area contributed by atoms with Gasteiger partial charge in [-0.25, -0.2) is 0 Å². The summed E-state index contributed by atoms with van der Waals surface area (Å²) in [6, 6.07) is 0.351. The molecule has 1 N–H and O–H groups in total. The van der Waals surface area contributed by atoms with Crippen LogP contribution in [0.4, 0.5) is 13.2 Å². The average molecular weight is 274 g/mol. The van der Waals surface area contributed by atoms with Gasteiger partial charge in [0.2, 0.25) is 0 Å². The van der Waals surface area contributed by atoms with Gasteiger partial charge in [0.25, 0.3) is 0 Å². The van der Waals surface area contributed by atoms with Crippen LogP contribution in [0.2, 0.25) is 0 Å². The van der Waals surface area contributed by atoms with E-state index in [9.17, 15) is 13.2 Å². The predicted molar refractivity (Wildman–Crippen MR) is 60.1 cm³/mol. The second kappa shape index (κ2) is 4.99. The fraction of sp³-hybridized carbons (Fsp3) is 0.300. The maximum absolute atomic E-state index is 12.9. The molecule has 18 heavy (non-hydrogen) atoms. The lowest BCUT2D eigenvalue weighted by molar-refractivity contribution is -0.138. The summed E-state index contributed by atoms with van der Waals surface area (Å²) in [4.78, 5) is 4.37. The highest BCUT2D eigenvalue weighted by Crippen LogP contribution is 2.36. The van der Waals surface area contributed by atoms with Crippen molar-refractivity contribution in [2.45, 2.75) is 12.2 Å². The molecule has 0 fully saturated rings. The molecule has 0 spiro atoms. The van der Waals surface area contributed by atoms with Gasteiger partial charge in [-0.2, -0.15) is 13.2 Å². The standard InChI is InChI=1S/C10H9F3N4S/c1-14-9(8-5-16-17-18-8)6-4-15-3-2-7(6)10(11,12)13/h2-5,9,14H,1H3. The Morgan fingerprint density at radius 3 is 2.67 bits per heavy atom. The average Bonchev–Trinajstić information content (AvgIpc) is 2.83. The first kappa shape index (κ1) is 12.9. The lowest BCUT2D eigenvalue weighted by Gasteiger charge is -2.18. The van der Waals surface area contributed by atoms with E-state index < -0.39 is 17.8 Å². The van der Waals surface area contributed by atoms with Crippen LogP contribution in [0.5, 0.6) is 0 Å². The quantitative estimate of drug-likeness (QED) is 0.932. The molecule has 1 unspecified atom stereocenters. The van der Waals surface area contributed by atoms with Crippen LogP contribution in [0.3, 0.4) is 0 Å². The lowest BCUT2D eigenvalue weighted by atomic mass is 10.0. The van der Waals surface area contributed by atoms with Crippen molar-refractivity contribution in [3.05, 3.63) is 40.7 Å². The molecule has 0 aliphatic carbocycles. The number of rotatable bonds is 3. The SMILES string of the molecule is CNC(c1cnns1)c1cnccc1C(F)(F)F. The molecule has 0 saturated heterocycles. The van der Waals surface area contributed by atoms with Crippen LogP contribution in [0.15, 0.2) is 24.7 Å². The molecule has 1 atom stereocenters. The highest BCUT2D eigenvalue weighted by atomic mass is 32.1. The predicted octanol–water partition coefficient (Wildman–Crippen LogP) is 2.26. The zero-order chi connectivity index (χ0) is 13.2. The fourth-order valence-electron chi connectivity index (χ4n) is 1.65. The molecule has 2 aromatic heterocycles. The van der Waals surface area contributed by atoms with E-state index in [0.717, 1.165) is 23.8 Å². The van der Waals surface area contributed by atoms with Crippen LogP contribution in [0, 0.1) is 0 Å². The number of alkyl halides is 3. The molecule has 2 rings (SSSR count). The molecule has 0 aliphatic rings. The van der Waals surface area contributed by atoms with Crippen molar-refractivity contribution in [3.63, 3.8) is 0 Å². The second-order valence-corrected chi connectivity index (χ2v) is 4.32. The van der Waals surface area contributed by atoms with Crippen LogP contribution in [-0.4, -0.2) is 21.6 Å². The topological polar surface area (TPSA) is 50.7 Å². The number of hydrogen-bond donors (Lipinski definition) is 1. The van der Waals surface area contributed by atoms with E-state index in [-0.39, 0.29) is 5.56 Å². The lowest BCUT2D eigenvalue weighted by Crippen LogP contribution is -2.21. The molecule has 0 radical (unpaired) electrons. The zero-order valence-corrected chi connectivity index (χ0v) is 10.1. The maximum atomic E-state index is 12.9. The Bertz CT molecular complexity index is 512. The number of nitrogens with one attached hydrogen (secondary N) is 1. The largest absolute Gasteiger partial charge is 0.416 e. The van der Waals surface area contributed by atoms with Crippen LogP contribution in [0.1, 0.15) is 22.0 Å². The Hall–Kier alpha value is -1.54. The van der Waals surface area contributed by atoms with Crippen molar-refractivity contribution in [1.29, 1.82) is 0 Å². The van der Waals surface area contributed by atoms with Crippen LogP contribution in [0.25, 0.3) is 0 Å². The minimum absolute atomic E-state index is 0.0681. The molecular formula is C10H9F3N4S. The highest BCUT2D eigenvalue weighted by molar-refractivity contribution is 7.05. The van der Waals surface area contributed by atoms with E-state index in [1.807, 2.05) is 0 Å². The van der Waals surface area contributed by atoms with Gasteiger partial charge in [0, 0.05) is 18.0 Å². The Labute approximate surface area is 105 Å². The van der Waals surface area contributed by atoms with Gasteiger partial charge in [0.15, 0.2) is 0 Å². The third-order valence-electron chi connectivity index (χ3n) is 2.42. The van der Waals surface area contributed by atoms with E-state index in [2.05, 4.69) is 19.9 Å². The van der Waals surface area contributed by atoms with E-state index in [1.165, 1.54) is 12.4 Å². The Balaban J connectivity index is 2.50. The zero-order valence-electron chi connectivity index (χ0n) is 9.27. The summed E-state index contributed by atoms with van der Waals surface area (Å²) in [6.45, 7) is 0. The molecule has 2 heterocycles. The van der Waals surface area contributed by atoms with Gasteiger partial charge in [-0.3, -0.25) is 4.98 Å². The Kier molecular flexibility index (Phi) is 3.58. The molecule has 4 nitrogen and oxygen atoms in total. The first-order valence-corrected chi connectivity index (χ1v) is 5.77. The fourth-order valence-corrected chi connectivity index (χ4v) is 2.28. The van der Waals surface area contributed by atoms with Gasteiger partial charge < -0.3 is 5.32 Å². The van der Waals surface area contributed by atoms with Crippen LogP contribution in [-0.2, 0) is 6.18 Å². The van der Waals surface area contributed by atoms with Crippen molar-refractivity contribution in [1.82, 2.24) is 19.9 Å². The van der Waals surface area contributed by atoms with E-state index >= 15 is 0 Å². The summed E-state index contributed by atoms with van der Waals surface area (Å²) in [5.41, 5.74) is -0.635. The summed E-state index contributed by atoms with van der Waals surface area (Å²) >= 11 is 1.05. The third-order valence-corrected chi connectivity index (χ3v) is 3.15. The molecule has 0 saturated carbocycles. The summed E-state index contributed by atoms with van der Waals surface area (Å²) in [5, 5.41) is 6.46. The summed E-state index contributed by atoms with van der Waals surface area (Å²) in [6.07, 6.45) is -0.627. The van der Waals surface area contributed by atoms with Gasteiger partial charge in [-0.1, -0.05) is 4.49 Å². The summed E-state index contributed by atoms with van der Waals surface area (Å²) in [7, 11) is 1.58. The van der Waals surface area contributed by atoms with E-state index in [4.69, 9.17) is 0 Å². The molecule has 96 valence electrons. The number of nitrogens with zero attached hydrogens (tertiary/aromatic N) is 3. The molecule has 0 bridgehead atoms. The molecule has 8 heteroatoms. The molecule has 0 amide bonds. The van der Waals surface area contributed by atoms with E-state index in [0.29, 0.717) is 4.88 Å². The molecular weight excluding hydrogens is 265 g/mol. The van der Waals surface area contributed by atoms with Crippen molar-refractivity contribution in [2.75, 3.05) is 7.05 Å². The minimum atomic E-state index is -4.41. The summed E-state index contributed by atoms with van der Waals surface area (Å²) < 4.78 is 42.4. The van der Waals surface area contributed by atoms with Crippen LogP contribution < -0.4 is 5.32 Å². The Morgan fingerprint density at radius 1 is 1.33 bits per heavy atom.